The highest BCUT2D eigenvalue weighted by atomic mass is 35.5. The molecule has 2 aromatic carbocycles. The molecule has 4 rings (SSSR count). The summed E-state index contributed by atoms with van der Waals surface area (Å²) in [6.45, 7) is 5.78. The number of phenolic OH excluding ortho intramolecular Hbond substituents is 1. The van der Waals surface area contributed by atoms with E-state index in [9.17, 15) is 5.11 Å². The zero-order valence-electron chi connectivity index (χ0n) is 21.1. The number of aromatic amines is 1. The Morgan fingerprint density at radius 1 is 1.03 bits per heavy atom. The number of nitrogens with zero attached hydrogens (tertiary/aromatic N) is 3. The molecular weight excluding hydrogens is 470 g/mol. The second-order valence-electron chi connectivity index (χ2n) is 9.61. The smallest absolute Gasteiger partial charge is 0.134 e. The van der Waals surface area contributed by atoms with Gasteiger partial charge in [0, 0.05) is 61.8 Å². The van der Waals surface area contributed by atoms with E-state index >= 15 is 0 Å². The number of imidazole rings is 1. The van der Waals surface area contributed by atoms with E-state index in [-0.39, 0.29) is 11.2 Å². The molecular formula is C29H32ClN5O. The molecule has 6 nitrogen and oxygen atoms in total. The SMILES string of the molecule is CN(C)c1ccc(/C=C/CNCC(C)(C)c2nc(-c3ccc(Cl)c(O)c3)c(-c3ccncc3)[nH]2)cc1. The number of H-pyrrole nitrogens is 1. The lowest BCUT2D eigenvalue weighted by Crippen LogP contribution is -2.34. The molecule has 0 amide bonds. The van der Waals surface area contributed by atoms with Gasteiger partial charge < -0.3 is 20.3 Å². The zero-order valence-corrected chi connectivity index (χ0v) is 21.8. The summed E-state index contributed by atoms with van der Waals surface area (Å²) in [5.74, 6) is 0.887. The number of nitrogens with one attached hydrogen (secondary N) is 2. The van der Waals surface area contributed by atoms with Crippen molar-refractivity contribution in [3.05, 3.63) is 89.5 Å². The summed E-state index contributed by atoms with van der Waals surface area (Å²) < 4.78 is 0. The molecule has 4 aromatic rings. The molecule has 0 unspecified atom stereocenters. The number of aromatic nitrogens is 3. The van der Waals surface area contributed by atoms with Gasteiger partial charge in [-0.1, -0.05) is 55.8 Å². The van der Waals surface area contributed by atoms with Gasteiger partial charge in [0.2, 0.25) is 0 Å². The van der Waals surface area contributed by atoms with Gasteiger partial charge in [0.25, 0.3) is 0 Å². The van der Waals surface area contributed by atoms with Crippen molar-refractivity contribution in [1.29, 1.82) is 0 Å². The highest BCUT2D eigenvalue weighted by molar-refractivity contribution is 6.32. The lowest BCUT2D eigenvalue weighted by atomic mass is 9.92. The Labute approximate surface area is 217 Å². The van der Waals surface area contributed by atoms with E-state index in [4.69, 9.17) is 16.6 Å². The molecule has 0 radical (unpaired) electrons. The fourth-order valence-corrected chi connectivity index (χ4v) is 4.04. The first-order valence-corrected chi connectivity index (χ1v) is 12.3. The van der Waals surface area contributed by atoms with Gasteiger partial charge in [0.15, 0.2) is 0 Å². The third-order valence-corrected chi connectivity index (χ3v) is 6.40. The van der Waals surface area contributed by atoms with Crippen molar-refractivity contribution in [3.8, 4) is 28.3 Å². The lowest BCUT2D eigenvalue weighted by molar-refractivity contribution is 0.460. The summed E-state index contributed by atoms with van der Waals surface area (Å²) in [5, 5.41) is 14.0. The first kappa shape index (κ1) is 25.5. The van der Waals surface area contributed by atoms with Crippen LogP contribution in [0.5, 0.6) is 5.75 Å². The summed E-state index contributed by atoms with van der Waals surface area (Å²) >= 11 is 6.04. The van der Waals surface area contributed by atoms with Crippen molar-refractivity contribution in [1.82, 2.24) is 20.3 Å². The molecule has 0 aliphatic carbocycles. The highest BCUT2D eigenvalue weighted by Gasteiger charge is 2.27. The molecule has 3 N–H and O–H groups in total. The highest BCUT2D eigenvalue weighted by Crippen LogP contribution is 2.36. The van der Waals surface area contributed by atoms with E-state index in [1.807, 2.05) is 32.3 Å². The van der Waals surface area contributed by atoms with E-state index < -0.39 is 0 Å². The van der Waals surface area contributed by atoms with Crippen LogP contribution in [0.2, 0.25) is 5.02 Å². The Kier molecular flexibility index (Phi) is 7.77. The Bertz CT molecular complexity index is 1330. The van der Waals surface area contributed by atoms with Gasteiger partial charge in [-0.05, 0) is 42.0 Å². The first-order chi connectivity index (χ1) is 17.2. The van der Waals surface area contributed by atoms with Crippen LogP contribution in [0, 0.1) is 0 Å². The molecule has 36 heavy (non-hydrogen) atoms. The van der Waals surface area contributed by atoms with Crippen LogP contribution in [0.3, 0.4) is 0 Å². The number of hydrogen-bond donors (Lipinski definition) is 3. The summed E-state index contributed by atoms with van der Waals surface area (Å²) in [7, 11) is 4.08. The number of pyridine rings is 1. The molecule has 0 bridgehead atoms. The second-order valence-corrected chi connectivity index (χ2v) is 10.0. The largest absolute Gasteiger partial charge is 0.506 e. The second kappa shape index (κ2) is 11.0. The minimum atomic E-state index is -0.268. The lowest BCUT2D eigenvalue weighted by Gasteiger charge is -2.22. The molecule has 186 valence electrons. The topological polar surface area (TPSA) is 77.1 Å². The van der Waals surface area contributed by atoms with Crippen molar-refractivity contribution in [2.24, 2.45) is 0 Å². The van der Waals surface area contributed by atoms with E-state index in [0.29, 0.717) is 5.02 Å². The number of benzene rings is 2. The number of halogens is 1. The number of rotatable bonds is 9. The van der Waals surface area contributed by atoms with E-state index in [0.717, 1.165) is 41.4 Å². The molecule has 0 saturated carbocycles. The molecule has 0 spiro atoms. The van der Waals surface area contributed by atoms with E-state index in [1.165, 1.54) is 11.3 Å². The normalized spacial score (nSPS) is 11.8. The Hall–Kier alpha value is -3.61. The predicted molar refractivity (Wildman–Crippen MR) is 150 cm³/mol. The number of phenols is 1. The fraction of sp³-hybridized carbons (Fsp3) is 0.241. The molecule has 0 saturated heterocycles. The summed E-state index contributed by atoms with van der Waals surface area (Å²) in [6.07, 6.45) is 7.77. The minimum absolute atomic E-state index is 0.0310. The fourth-order valence-electron chi connectivity index (χ4n) is 3.92. The first-order valence-electron chi connectivity index (χ1n) is 11.9. The maximum atomic E-state index is 10.2. The van der Waals surface area contributed by atoms with Gasteiger partial charge in [-0.25, -0.2) is 4.98 Å². The predicted octanol–water partition coefficient (Wildman–Crippen LogP) is 6.14. The molecule has 0 aliphatic heterocycles. The summed E-state index contributed by atoms with van der Waals surface area (Å²) in [5.41, 5.74) is 5.49. The van der Waals surface area contributed by atoms with Gasteiger partial charge in [-0.2, -0.15) is 0 Å². The van der Waals surface area contributed by atoms with Crippen LogP contribution >= 0.6 is 11.6 Å². The minimum Gasteiger partial charge on any atom is -0.506 e. The number of anilines is 1. The van der Waals surface area contributed by atoms with Gasteiger partial charge in [-0.3, -0.25) is 4.98 Å². The summed E-state index contributed by atoms with van der Waals surface area (Å²) in [6, 6.07) is 17.6. The number of aromatic hydroxyl groups is 1. The third kappa shape index (κ3) is 5.96. The Morgan fingerprint density at radius 2 is 1.75 bits per heavy atom. The van der Waals surface area contributed by atoms with Crippen LogP contribution in [0.1, 0.15) is 25.2 Å². The van der Waals surface area contributed by atoms with Gasteiger partial charge in [-0.15, -0.1) is 0 Å². The molecule has 2 aromatic heterocycles. The molecule has 0 atom stereocenters. The van der Waals surface area contributed by atoms with Crippen LogP contribution in [0.15, 0.2) is 73.1 Å². The quantitative estimate of drug-likeness (QED) is 0.240. The monoisotopic (exact) mass is 501 g/mol. The molecule has 2 heterocycles. The van der Waals surface area contributed by atoms with Crippen molar-refractivity contribution in [2.45, 2.75) is 19.3 Å². The zero-order chi connectivity index (χ0) is 25.7. The van der Waals surface area contributed by atoms with Crippen LogP contribution in [-0.4, -0.2) is 47.2 Å². The van der Waals surface area contributed by atoms with Gasteiger partial charge >= 0.3 is 0 Å². The van der Waals surface area contributed by atoms with Crippen molar-refractivity contribution in [2.75, 3.05) is 32.1 Å². The third-order valence-electron chi connectivity index (χ3n) is 6.08. The summed E-state index contributed by atoms with van der Waals surface area (Å²) in [4.78, 5) is 14.7. The van der Waals surface area contributed by atoms with Gasteiger partial charge in [0.1, 0.15) is 11.6 Å². The molecule has 0 aliphatic rings. The van der Waals surface area contributed by atoms with Crippen LogP contribution < -0.4 is 10.2 Å². The average molecular weight is 502 g/mol. The number of hydrogen-bond acceptors (Lipinski definition) is 5. The maximum absolute atomic E-state index is 10.2. The Balaban J connectivity index is 1.50. The van der Waals surface area contributed by atoms with Crippen molar-refractivity contribution < 1.29 is 5.11 Å². The van der Waals surface area contributed by atoms with Gasteiger partial charge in [0.05, 0.1) is 16.4 Å². The maximum Gasteiger partial charge on any atom is 0.134 e. The van der Waals surface area contributed by atoms with E-state index in [1.54, 1.807) is 24.5 Å². The molecule has 0 fully saturated rings. The average Bonchev–Trinajstić information content (AvgIpc) is 3.33. The standard InChI is InChI=1S/C29H32ClN5O/c1-29(2,19-32-15-5-6-20-7-10-23(11-8-20)35(3)4)28-33-26(21-13-16-31-17-14-21)27(34-28)22-9-12-24(30)25(36)18-22/h5-14,16-18,32,36H,15,19H2,1-4H3,(H,33,34)/b6-5+. The van der Waals surface area contributed by atoms with Crippen LogP contribution in [0.4, 0.5) is 5.69 Å². The van der Waals surface area contributed by atoms with Crippen molar-refractivity contribution >= 4 is 23.4 Å². The van der Waals surface area contributed by atoms with E-state index in [2.05, 4.69) is 70.4 Å². The van der Waals surface area contributed by atoms with Crippen LogP contribution in [0.25, 0.3) is 28.6 Å². The Morgan fingerprint density at radius 3 is 2.42 bits per heavy atom. The van der Waals surface area contributed by atoms with Crippen molar-refractivity contribution in [3.63, 3.8) is 0 Å². The molecule has 7 heteroatoms. The van der Waals surface area contributed by atoms with Crippen LogP contribution in [-0.2, 0) is 5.41 Å².